The number of rotatable bonds is 2. The van der Waals surface area contributed by atoms with E-state index in [4.69, 9.17) is 5.11 Å². The van der Waals surface area contributed by atoms with E-state index in [1.54, 1.807) is 0 Å². The number of halogens is 1. The molecule has 0 aliphatic heterocycles. The standard InChI is InChI=1S/C9H9BrO2S/c10-6-4-7(13-5-6)9(8(11)12)2-1-3-9/h4-5H,1-3H2,(H,11,12). The molecule has 1 aliphatic rings. The number of hydrogen-bond donors (Lipinski definition) is 1. The molecule has 0 spiro atoms. The highest BCUT2D eigenvalue weighted by Gasteiger charge is 2.46. The molecule has 4 heteroatoms. The van der Waals surface area contributed by atoms with Gasteiger partial charge in [-0.25, -0.2) is 0 Å². The zero-order valence-electron chi connectivity index (χ0n) is 6.92. The van der Waals surface area contributed by atoms with Crippen molar-refractivity contribution in [3.63, 3.8) is 0 Å². The highest BCUT2D eigenvalue weighted by atomic mass is 79.9. The minimum Gasteiger partial charge on any atom is -0.481 e. The molecule has 0 bridgehead atoms. The number of thiophene rings is 1. The van der Waals surface area contributed by atoms with Gasteiger partial charge < -0.3 is 5.11 Å². The Balaban J connectivity index is 2.37. The molecule has 1 fully saturated rings. The predicted molar refractivity (Wildman–Crippen MR) is 55.2 cm³/mol. The summed E-state index contributed by atoms with van der Waals surface area (Å²) in [6.45, 7) is 0. The summed E-state index contributed by atoms with van der Waals surface area (Å²) in [4.78, 5) is 12.1. The van der Waals surface area contributed by atoms with Gasteiger partial charge in [0.2, 0.25) is 0 Å². The third kappa shape index (κ3) is 1.32. The lowest BCUT2D eigenvalue weighted by atomic mass is 9.68. The normalized spacial score (nSPS) is 19.5. The molecule has 1 N–H and O–H groups in total. The average Bonchev–Trinajstić information content (AvgIpc) is 2.32. The first-order valence-corrected chi connectivity index (χ1v) is 5.80. The van der Waals surface area contributed by atoms with Gasteiger partial charge in [0.1, 0.15) is 5.41 Å². The Kier molecular flexibility index (Phi) is 2.20. The fourth-order valence-corrected chi connectivity index (χ4v) is 3.34. The molecule has 2 nitrogen and oxygen atoms in total. The fraction of sp³-hybridized carbons (Fsp3) is 0.444. The number of aliphatic carboxylic acids is 1. The van der Waals surface area contributed by atoms with E-state index in [9.17, 15) is 4.79 Å². The summed E-state index contributed by atoms with van der Waals surface area (Å²) in [7, 11) is 0. The first-order chi connectivity index (χ1) is 6.15. The monoisotopic (exact) mass is 260 g/mol. The summed E-state index contributed by atoms with van der Waals surface area (Å²) in [6, 6.07) is 1.93. The lowest BCUT2D eigenvalue weighted by molar-refractivity contribution is -0.147. The molecule has 2 rings (SSSR count). The first kappa shape index (κ1) is 9.21. The molecule has 0 radical (unpaired) electrons. The van der Waals surface area contributed by atoms with Gasteiger partial charge in [-0.3, -0.25) is 4.79 Å². The van der Waals surface area contributed by atoms with Gasteiger partial charge in [0.15, 0.2) is 0 Å². The molecule has 1 aliphatic carbocycles. The molecule has 13 heavy (non-hydrogen) atoms. The molecule has 0 amide bonds. The molecule has 70 valence electrons. The van der Waals surface area contributed by atoms with Crippen molar-refractivity contribution in [1.29, 1.82) is 0 Å². The Morgan fingerprint density at radius 1 is 1.62 bits per heavy atom. The van der Waals surface area contributed by atoms with Crippen molar-refractivity contribution >= 4 is 33.2 Å². The third-order valence-electron chi connectivity index (χ3n) is 2.66. The second kappa shape index (κ2) is 3.10. The summed E-state index contributed by atoms with van der Waals surface area (Å²) >= 11 is 4.88. The van der Waals surface area contributed by atoms with Crippen LogP contribution in [0.3, 0.4) is 0 Å². The molecule has 0 saturated heterocycles. The third-order valence-corrected chi connectivity index (χ3v) is 4.55. The van der Waals surface area contributed by atoms with E-state index in [1.165, 1.54) is 11.3 Å². The fourth-order valence-electron chi connectivity index (χ4n) is 1.66. The van der Waals surface area contributed by atoms with Crippen LogP contribution in [-0.2, 0) is 10.2 Å². The minimum atomic E-state index is -0.673. The van der Waals surface area contributed by atoms with Gasteiger partial charge in [-0.15, -0.1) is 11.3 Å². The quantitative estimate of drug-likeness (QED) is 0.888. The molecule has 1 aromatic heterocycles. The van der Waals surface area contributed by atoms with Crippen LogP contribution < -0.4 is 0 Å². The number of hydrogen-bond acceptors (Lipinski definition) is 2. The maximum atomic E-state index is 11.1. The zero-order valence-corrected chi connectivity index (χ0v) is 9.32. The smallest absolute Gasteiger partial charge is 0.314 e. The molecule has 1 heterocycles. The van der Waals surface area contributed by atoms with Crippen molar-refractivity contribution in [2.24, 2.45) is 0 Å². The number of carbonyl (C=O) groups is 1. The minimum absolute atomic E-state index is 0.559. The van der Waals surface area contributed by atoms with E-state index in [0.717, 1.165) is 28.6 Å². The van der Waals surface area contributed by atoms with Crippen LogP contribution in [0, 0.1) is 0 Å². The average molecular weight is 261 g/mol. The van der Waals surface area contributed by atoms with E-state index < -0.39 is 11.4 Å². The number of carboxylic acid groups (broad SMARTS) is 1. The Morgan fingerprint density at radius 2 is 2.31 bits per heavy atom. The van der Waals surface area contributed by atoms with Gasteiger partial charge >= 0.3 is 5.97 Å². The summed E-state index contributed by atoms with van der Waals surface area (Å²) < 4.78 is 0.986. The summed E-state index contributed by atoms with van der Waals surface area (Å²) in [5.74, 6) is -0.673. The van der Waals surface area contributed by atoms with Gasteiger partial charge in [-0.1, -0.05) is 6.42 Å². The van der Waals surface area contributed by atoms with Crippen molar-refractivity contribution in [2.75, 3.05) is 0 Å². The highest BCUT2D eigenvalue weighted by Crippen LogP contribution is 2.46. The Bertz CT molecular complexity index is 341. The van der Waals surface area contributed by atoms with Gasteiger partial charge in [-0.05, 0) is 34.8 Å². The highest BCUT2D eigenvalue weighted by molar-refractivity contribution is 9.10. The SMILES string of the molecule is O=C(O)C1(c2cc(Br)cs2)CCC1. The molecule has 0 unspecified atom stereocenters. The maximum absolute atomic E-state index is 11.1. The summed E-state index contributed by atoms with van der Waals surface area (Å²) in [6.07, 6.45) is 2.60. The Labute approximate surface area is 88.7 Å². The van der Waals surface area contributed by atoms with Crippen LogP contribution in [0.5, 0.6) is 0 Å². The van der Waals surface area contributed by atoms with Gasteiger partial charge in [-0.2, -0.15) is 0 Å². The van der Waals surface area contributed by atoms with Crippen molar-refractivity contribution in [3.8, 4) is 0 Å². The van der Waals surface area contributed by atoms with Crippen LogP contribution in [0.2, 0.25) is 0 Å². The van der Waals surface area contributed by atoms with E-state index in [0.29, 0.717) is 0 Å². The lowest BCUT2D eigenvalue weighted by Gasteiger charge is -2.36. The number of carboxylic acids is 1. The summed E-state index contributed by atoms with van der Waals surface area (Å²) in [5.41, 5.74) is -0.559. The van der Waals surface area contributed by atoms with Gasteiger partial charge in [0.25, 0.3) is 0 Å². The zero-order chi connectivity index (χ0) is 9.47. The molecule has 1 aromatic rings. The van der Waals surface area contributed by atoms with E-state index >= 15 is 0 Å². The van der Waals surface area contributed by atoms with Crippen LogP contribution >= 0.6 is 27.3 Å². The van der Waals surface area contributed by atoms with E-state index in [1.807, 2.05) is 11.4 Å². The van der Waals surface area contributed by atoms with Crippen LogP contribution in [0.4, 0.5) is 0 Å². The van der Waals surface area contributed by atoms with Crippen LogP contribution in [-0.4, -0.2) is 11.1 Å². The van der Waals surface area contributed by atoms with E-state index in [2.05, 4.69) is 15.9 Å². The van der Waals surface area contributed by atoms with Crippen molar-refractivity contribution in [3.05, 3.63) is 20.8 Å². The van der Waals surface area contributed by atoms with Crippen molar-refractivity contribution in [2.45, 2.75) is 24.7 Å². The van der Waals surface area contributed by atoms with Crippen LogP contribution in [0.15, 0.2) is 15.9 Å². The Morgan fingerprint density at radius 3 is 2.62 bits per heavy atom. The summed E-state index contributed by atoms with van der Waals surface area (Å²) in [5, 5.41) is 11.1. The van der Waals surface area contributed by atoms with Gasteiger partial charge in [0.05, 0.1) is 0 Å². The van der Waals surface area contributed by atoms with Crippen molar-refractivity contribution < 1.29 is 9.90 Å². The molecular weight excluding hydrogens is 252 g/mol. The maximum Gasteiger partial charge on any atom is 0.314 e. The van der Waals surface area contributed by atoms with Crippen LogP contribution in [0.1, 0.15) is 24.1 Å². The Hall–Kier alpha value is -0.350. The van der Waals surface area contributed by atoms with Gasteiger partial charge in [0, 0.05) is 14.7 Å². The van der Waals surface area contributed by atoms with Crippen LogP contribution in [0.25, 0.3) is 0 Å². The predicted octanol–water partition coefficient (Wildman–Crippen LogP) is 3.02. The molecule has 0 aromatic carbocycles. The molecule has 0 atom stereocenters. The van der Waals surface area contributed by atoms with Crippen molar-refractivity contribution in [1.82, 2.24) is 0 Å². The first-order valence-electron chi connectivity index (χ1n) is 4.13. The van der Waals surface area contributed by atoms with E-state index in [-0.39, 0.29) is 0 Å². The lowest BCUT2D eigenvalue weighted by Crippen LogP contribution is -2.41. The molecular formula is C9H9BrO2S. The molecule has 1 saturated carbocycles. The second-order valence-corrected chi connectivity index (χ2v) is 5.20. The topological polar surface area (TPSA) is 37.3 Å². The largest absolute Gasteiger partial charge is 0.481 e. The second-order valence-electron chi connectivity index (χ2n) is 3.37.